The lowest BCUT2D eigenvalue weighted by Gasteiger charge is -2.26. The van der Waals surface area contributed by atoms with E-state index in [0.29, 0.717) is 26.3 Å². The number of likely N-dealkylation sites (N-methyl/N-ethyl adjacent to an activating group) is 1. The summed E-state index contributed by atoms with van der Waals surface area (Å²) >= 11 is 1.65. The van der Waals surface area contributed by atoms with E-state index in [2.05, 4.69) is 32.4 Å². The molecule has 1 N–H and O–H groups in total. The van der Waals surface area contributed by atoms with Gasteiger partial charge in [-0.1, -0.05) is 42.5 Å². The summed E-state index contributed by atoms with van der Waals surface area (Å²) in [6, 6.07) is 14.1. The Balaban J connectivity index is 1.35. The van der Waals surface area contributed by atoms with E-state index < -0.39 is 0 Å². The molecule has 0 saturated carbocycles. The highest BCUT2D eigenvalue weighted by Crippen LogP contribution is 2.38. The fourth-order valence-electron chi connectivity index (χ4n) is 4.54. The molecule has 1 atom stereocenters. The first-order valence-corrected chi connectivity index (χ1v) is 13.5. The molecule has 9 heteroatoms. The van der Waals surface area contributed by atoms with Gasteiger partial charge in [0.2, 0.25) is 5.91 Å². The quantitative estimate of drug-likeness (QED) is 0.304. The zero-order valence-corrected chi connectivity index (χ0v) is 22.5. The summed E-state index contributed by atoms with van der Waals surface area (Å²) in [7, 11) is 3.97. The molecular weight excluding hydrogens is 496 g/mol. The molecule has 196 valence electrons. The number of ether oxygens (including phenoxy) is 1. The Morgan fingerprint density at radius 1 is 1.21 bits per heavy atom. The van der Waals surface area contributed by atoms with Crippen molar-refractivity contribution in [2.24, 2.45) is 0 Å². The Morgan fingerprint density at radius 3 is 2.87 bits per heavy atom. The van der Waals surface area contributed by atoms with Gasteiger partial charge in [-0.25, -0.2) is 9.97 Å². The van der Waals surface area contributed by atoms with Crippen molar-refractivity contribution in [2.75, 3.05) is 39.1 Å². The lowest BCUT2D eigenvalue weighted by molar-refractivity contribution is -0.126. The molecule has 1 aromatic carbocycles. The summed E-state index contributed by atoms with van der Waals surface area (Å²) in [5.41, 5.74) is 3.39. The van der Waals surface area contributed by atoms with Gasteiger partial charge in [-0.2, -0.15) is 0 Å². The zero-order valence-electron chi connectivity index (χ0n) is 21.7. The Labute approximate surface area is 227 Å². The smallest absolute Gasteiger partial charge is 0.246 e. The van der Waals surface area contributed by atoms with Crippen LogP contribution in [0.2, 0.25) is 0 Å². The molecule has 0 radical (unpaired) electrons. The lowest BCUT2D eigenvalue weighted by Crippen LogP contribution is -2.34. The molecule has 5 rings (SSSR count). The Bertz CT molecular complexity index is 1390. The zero-order chi connectivity index (χ0) is 26.3. The first-order valence-electron chi connectivity index (χ1n) is 12.7. The maximum Gasteiger partial charge on any atom is 0.246 e. The fraction of sp³-hybridized carbons (Fsp3) is 0.310. The molecule has 0 saturated heterocycles. The summed E-state index contributed by atoms with van der Waals surface area (Å²) in [4.78, 5) is 32.2. The number of pyridine rings is 1. The molecule has 4 aromatic rings. The van der Waals surface area contributed by atoms with Crippen LogP contribution >= 0.6 is 11.3 Å². The number of thiophene rings is 1. The van der Waals surface area contributed by atoms with Gasteiger partial charge >= 0.3 is 0 Å². The number of anilines is 1. The molecule has 1 aliphatic rings. The van der Waals surface area contributed by atoms with Crippen molar-refractivity contribution in [3.63, 3.8) is 0 Å². The van der Waals surface area contributed by atoms with E-state index in [0.717, 1.165) is 40.1 Å². The van der Waals surface area contributed by atoms with Gasteiger partial charge in [-0.05, 0) is 43.3 Å². The van der Waals surface area contributed by atoms with E-state index in [1.54, 1.807) is 29.9 Å². The molecule has 38 heavy (non-hydrogen) atoms. The number of hydrogen-bond donors (Lipinski definition) is 1. The highest BCUT2D eigenvalue weighted by Gasteiger charge is 2.26. The van der Waals surface area contributed by atoms with Crippen LogP contribution in [-0.2, 0) is 29.1 Å². The molecule has 0 spiro atoms. The van der Waals surface area contributed by atoms with Crippen molar-refractivity contribution >= 4 is 33.3 Å². The van der Waals surface area contributed by atoms with Crippen LogP contribution in [0.25, 0.3) is 10.2 Å². The van der Waals surface area contributed by atoms with Crippen LogP contribution in [0, 0.1) is 0 Å². The summed E-state index contributed by atoms with van der Waals surface area (Å²) in [6.45, 7) is 2.97. The number of nitrogens with zero attached hydrogens (tertiary/aromatic N) is 5. The molecule has 0 bridgehead atoms. The highest BCUT2D eigenvalue weighted by molar-refractivity contribution is 7.19. The minimum Gasteiger partial charge on any atom is -0.374 e. The number of amides is 1. The molecule has 8 nitrogen and oxygen atoms in total. The van der Waals surface area contributed by atoms with Crippen molar-refractivity contribution in [2.45, 2.75) is 25.6 Å². The second kappa shape index (κ2) is 12.3. The lowest BCUT2D eigenvalue weighted by atomic mass is 10.0. The van der Waals surface area contributed by atoms with Crippen molar-refractivity contribution in [1.29, 1.82) is 0 Å². The van der Waals surface area contributed by atoms with E-state index >= 15 is 0 Å². The number of hydrogen-bond acceptors (Lipinski definition) is 8. The Kier molecular flexibility index (Phi) is 8.37. The first kappa shape index (κ1) is 26.0. The minimum absolute atomic E-state index is 0.0503. The molecule has 3 aromatic heterocycles. The van der Waals surface area contributed by atoms with Gasteiger partial charge in [0.05, 0.1) is 31.2 Å². The number of rotatable bonds is 10. The molecular formula is C29H32N6O2S. The van der Waals surface area contributed by atoms with E-state index in [4.69, 9.17) is 4.74 Å². The van der Waals surface area contributed by atoms with Gasteiger partial charge < -0.3 is 19.9 Å². The van der Waals surface area contributed by atoms with Gasteiger partial charge in [0.1, 0.15) is 17.0 Å². The third-order valence-electron chi connectivity index (χ3n) is 6.47. The van der Waals surface area contributed by atoms with Gasteiger partial charge in [0.15, 0.2) is 0 Å². The number of carbonyl (C=O) groups excluding carboxylic acids is 1. The maximum absolute atomic E-state index is 12.7. The van der Waals surface area contributed by atoms with Crippen LogP contribution in [0.5, 0.6) is 0 Å². The van der Waals surface area contributed by atoms with Crippen molar-refractivity contribution < 1.29 is 9.53 Å². The predicted molar refractivity (Wildman–Crippen MR) is 151 cm³/mol. The van der Waals surface area contributed by atoms with Crippen LogP contribution in [0.1, 0.15) is 27.6 Å². The number of aromatic nitrogens is 3. The van der Waals surface area contributed by atoms with Gasteiger partial charge in [0.25, 0.3) is 0 Å². The van der Waals surface area contributed by atoms with Crippen molar-refractivity contribution in [3.8, 4) is 0 Å². The second-order valence-electron chi connectivity index (χ2n) is 9.56. The molecule has 1 aliphatic heterocycles. The van der Waals surface area contributed by atoms with Crippen molar-refractivity contribution in [3.05, 3.63) is 94.9 Å². The minimum atomic E-state index is -0.0926. The second-order valence-corrected chi connectivity index (χ2v) is 10.6. The third-order valence-corrected chi connectivity index (χ3v) is 7.59. The van der Waals surface area contributed by atoms with E-state index in [1.807, 2.05) is 66.5 Å². The van der Waals surface area contributed by atoms with Crippen LogP contribution in [0.4, 0.5) is 5.82 Å². The van der Waals surface area contributed by atoms with Gasteiger partial charge in [-0.15, -0.1) is 11.3 Å². The third kappa shape index (κ3) is 6.24. The molecule has 4 heterocycles. The SMILES string of the molecule is CN(C)CC=CC(=O)N1CCc2c(sc3ncnc(NC(COCc4cccnc4)c4ccccc4)c23)C1. The Morgan fingerprint density at radius 2 is 2.08 bits per heavy atom. The Hall–Kier alpha value is -3.66. The van der Waals surface area contributed by atoms with E-state index in [1.165, 1.54) is 10.4 Å². The topological polar surface area (TPSA) is 83.5 Å². The molecule has 1 unspecified atom stereocenters. The summed E-state index contributed by atoms with van der Waals surface area (Å²) in [5.74, 6) is 0.853. The average Bonchev–Trinajstić information content (AvgIpc) is 3.32. The summed E-state index contributed by atoms with van der Waals surface area (Å²) in [6.07, 6.45) is 9.56. The molecule has 0 aliphatic carbocycles. The predicted octanol–water partition coefficient (Wildman–Crippen LogP) is 4.46. The number of carbonyl (C=O) groups is 1. The molecule has 1 amide bonds. The van der Waals surface area contributed by atoms with Crippen LogP contribution < -0.4 is 5.32 Å². The molecule has 0 fully saturated rings. The number of benzene rings is 1. The van der Waals surface area contributed by atoms with Crippen LogP contribution in [0.3, 0.4) is 0 Å². The standard InChI is InChI=1S/C29H32N6O2S/c1-34(2)14-7-11-26(36)35-15-12-23-25(17-35)38-29-27(23)28(31-20-32-29)33-24(22-9-4-3-5-10-22)19-37-18-21-8-6-13-30-16-21/h3-11,13,16,20,24H,12,14-15,17-19H2,1-2H3,(H,31,32,33). The fourth-order valence-corrected chi connectivity index (χ4v) is 5.75. The average molecular weight is 529 g/mol. The van der Waals surface area contributed by atoms with Crippen LogP contribution in [0.15, 0.2) is 73.3 Å². The normalized spacial score (nSPS) is 14.2. The van der Waals surface area contributed by atoms with E-state index in [-0.39, 0.29) is 11.9 Å². The highest BCUT2D eigenvalue weighted by atomic mass is 32.1. The van der Waals surface area contributed by atoms with Gasteiger partial charge in [-0.3, -0.25) is 9.78 Å². The summed E-state index contributed by atoms with van der Waals surface area (Å²) < 4.78 is 6.11. The first-order chi connectivity index (χ1) is 18.6. The van der Waals surface area contributed by atoms with Crippen molar-refractivity contribution in [1.82, 2.24) is 24.8 Å². The van der Waals surface area contributed by atoms with E-state index in [9.17, 15) is 4.79 Å². The number of nitrogens with one attached hydrogen (secondary N) is 1. The van der Waals surface area contributed by atoms with Gasteiger partial charge in [0, 0.05) is 36.4 Å². The largest absolute Gasteiger partial charge is 0.374 e. The maximum atomic E-state index is 12.7. The van der Waals surface area contributed by atoms with Crippen LogP contribution in [-0.4, -0.2) is 64.5 Å². The number of fused-ring (bicyclic) bond motifs is 3. The monoisotopic (exact) mass is 528 g/mol. The summed E-state index contributed by atoms with van der Waals surface area (Å²) in [5, 5.41) is 4.70.